The Morgan fingerprint density at radius 3 is 3.17 bits per heavy atom. The molecule has 1 amide bonds. The van der Waals surface area contributed by atoms with E-state index >= 15 is 0 Å². The molecule has 0 aliphatic carbocycles. The maximum atomic E-state index is 12.3. The van der Waals surface area contributed by atoms with Crippen LogP contribution < -0.4 is 10.9 Å². The smallest absolute Gasteiger partial charge is 0.267 e. The molecule has 1 atom stereocenters. The molecule has 0 fully saturated rings. The molecule has 3 heterocycles. The molecule has 8 heteroatoms. The standard InChI is InChI=1S/C15H17N3O3S2/c1-9-6-11-13(23-9)14(20)18(2)15(17-11)22-8-12(19)16-7-10-4-3-5-21-10/h3-5,9H,6-8H2,1-2H3,(H,16,19)/t9-/m1/s1. The summed E-state index contributed by atoms with van der Waals surface area (Å²) in [5.74, 6) is 0.795. The Morgan fingerprint density at radius 2 is 2.43 bits per heavy atom. The Hall–Kier alpha value is -1.67. The molecule has 0 spiro atoms. The molecule has 0 unspecified atom stereocenters. The summed E-state index contributed by atoms with van der Waals surface area (Å²) in [6.45, 7) is 2.44. The van der Waals surface area contributed by atoms with Gasteiger partial charge in [-0.05, 0) is 12.1 Å². The van der Waals surface area contributed by atoms with E-state index in [1.165, 1.54) is 16.3 Å². The number of nitrogens with one attached hydrogen (secondary N) is 1. The number of nitrogens with zero attached hydrogens (tertiary/aromatic N) is 2. The Morgan fingerprint density at radius 1 is 1.61 bits per heavy atom. The molecule has 3 rings (SSSR count). The predicted molar refractivity (Wildman–Crippen MR) is 89.8 cm³/mol. The van der Waals surface area contributed by atoms with Gasteiger partial charge in [0.2, 0.25) is 5.91 Å². The van der Waals surface area contributed by atoms with E-state index in [0.29, 0.717) is 22.7 Å². The van der Waals surface area contributed by atoms with Gasteiger partial charge in [-0.15, -0.1) is 11.8 Å². The van der Waals surface area contributed by atoms with Crippen molar-refractivity contribution < 1.29 is 9.21 Å². The van der Waals surface area contributed by atoms with Crippen LogP contribution in [0.3, 0.4) is 0 Å². The zero-order valence-electron chi connectivity index (χ0n) is 12.9. The molecule has 122 valence electrons. The van der Waals surface area contributed by atoms with Crippen LogP contribution >= 0.6 is 23.5 Å². The van der Waals surface area contributed by atoms with Gasteiger partial charge < -0.3 is 9.73 Å². The third-order valence-corrected chi connectivity index (χ3v) is 5.70. The van der Waals surface area contributed by atoms with Crippen LogP contribution in [0.2, 0.25) is 0 Å². The molecule has 6 nitrogen and oxygen atoms in total. The highest BCUT2D eigenvalue weighted by atomic mass is 32.2. The fourth-order valence-electron chi connectivity index (χ4n) is 2.28. The van der Waals surface area contributed by atoms with Gasteiger partial charge in [-0.2, -0.15) is 0 Å². The SMILES string of the molecule is C[C@@H]1Cc2nc(SCC(=O)NCc3ccco3)n(C)c(=O)c2S1. The number of carbonyl (C=O) groups is 1. The van der Waals surface area contributed by atoms with Crippen molar-refractivity contribution in [2.24, 2.45) is 7.05 Å². The lowest BCUT2D eigenvalue weighted by molar-refractivity contribution is -0.118. The van der Waals surface area contributed by atoms with Crippen LogP contribution in [0.25, 0.3) is 0 Å². The maximum absolute atomic E-state index is 12.3. The van der Waals surface area contributed by atoms with Gasteiger partial charge in [-0.1, -0.05) is 18.7 Å². The molecule has 0 saturated heterocycles. The summed E-state index contributed by atoms with van der Waals surface area (Å²) >= 11 is 2.85. The van der Waals surface area contributed by atoms with E-state index in [-0.39, 0.29) is 17.2 Å². The summed E-state index contributed by atoms with van der Waals surface area (Å²) < 4.78 is 6.68. The monoisotopic (exact) mass is 351 g/mol. The number of amides is 1. The van der Waals surface area contributed by atoms with E-state index in [1.807, 2.05) is 0 Å². The van der Waals surface area contributed by atoms with Crippen molar-refractivity contribution in [1.29, 1.82) is 0 Å². The Balaban J connectivity index is 1.62. The van der Waals surface area contributed by atoms with Crippen molar-refractivity contribution in [2.75, 3.05) is 5.75 Å². The lowest BCUT2D eigenvalue weighted by atomic mass is 10.2. The molecule has 2 aromatic heterocycles. The highest BCUT2D eigenvalue weighted by Gasteiger charge is 2.25. The van der Waals surface area contributed by atoms with Crippen molar-refractivity contribution in [3.63, 3.8) is 0 Å². The van der Waals surface area contributed by atoms with E-state index in [0.717, 1.165) is 17.0 Å². The molecule has 1 aliphatic heterocycles. The highest BCUT2D eigenvalue weighted by molar-refractivity contribution is 8.00. The molecule has 0 saturated carbocycles. The maximum Gasteiger partial charge on any atom is 0.267 e. The zero-order chi connectivity index (χ0) is 16.4. The van der Waals surface area contributed by atoms with E-state index in [9.17, 15) is 9.59 Å². The first kappa shape index (κ1) is 16.2. The van der Waals surface area contributed by atoms with Crippen LogP contribution in [0.1, 0.15) is 18.4 Å². The minimum atomic E-state index is -0.121. The average molecular weight is 351 g/mol. The number of rotatable bonds is 5. The summed E-state index contributed by atoms with van der Waals surface area (Å²) in [5.41, 5.74) is 0.826. The van der Waals surface area contributed by atoms with Crippen molar-refractivity contribution >= 4 is 29.4 Å². The molecule has 23 heavy (non-hydrogen) atoms. The first-order chi connectivity index (χ1) is 11.0. The van der Waals surface area contributed by atoms with Gasteiger partial charge in [0.15, 0.2) is 5.16 Å². The van der Waals surface area contributed by atoms with Crippen LogP contribution in [0, 0.1) is 0 Å². The number of fused-ring (bicyclic) bond motifs is 1. The van der Waals surface area contributed by atoms with Crippen LogP contribution in [0.5, 0.6) is 0 Å². The number of carbonyl (C=O) groups excluding carboxylic acids is 1. The molecular formula is C15H17N3O3S2. The first-order valence-corrected chi connectivity index (χ1v) is 9.09. The molecular weight excluding hydrogens is 334 g/mol. The Bertz CT molecular complexity index is 771. The summed E-state index contributed by atoms with van der Waals surface area (Å²) in [7, 11) is 1.70. The minimum Gasteiger partial charge on any atom is -0.467 e. The zero-order valence-corrected chi connectivity index (χ0v) is 14.5. The van der Waals surface area contributed by atoms with Crippen LogP contribution in [-0.4, -0.2) is 26.5 Å². The van der Waals surface area contributed by atoms with Crippen molar-refractivity contribution in [3.05, 3.63) is 40.2 Å². The molecule has 0 radical (unpaired) electrons. The average Bonchev–Trinajstić information content (AvgIpc) is 3.16. The van der Waals surface area contributed by atoms with Crippen LogP contribution in [0.15, 0.2) is 37.7 Å². The summed E-state index contributed by atoms with van der Waals surface area (Å²) in [5, 5.41) is 3.73. The quantitative estimate of drug-likeness (QED) is 0.654. The van der Waals surface area contributed by atoms with E-state index < -0.39 is 0 Å². The van der Waals surface area contributed by atoms with Gasteiger partial charge in [-0.3, -0.25) is 14.2 Å². The van der Waals surface area contributed by atoms with Gasteiger partial charge in [0.1, 0.15) is 5.76 Å². The van der Waals surface area contributed by atoms with Gasteiger partial charge in [-0.25, -0.2) is 4.98 Å². The molecule has 0 aromatic carbocycles. The topological polar surface area (TPSA) is 77.1 Å². The minimum absolute atomic E-state index is 0.0251. The predicted octanol–water partition coefficient (Wildman–Crippen LogP) is 1.82. The fraction of sp³-hybridized carbons (Fsp3) is 0.400. The van der Waals surface area contributed by atoms with Gasteiger partial charge in [0.05, 0.1) is 29.2 Å². The lowest BCUT2D eigenvalue weighted by Crippen LogP contribution is -2.26. The van der Waals surface area contributed by atoms with Crippen molar-refractivity contribution in [1.82, 2.24) is 14.9 Å². The van der Waals surface area contributed by atoms with Gasteiger partial charge in [0.25, 0.3) is 5.56 Å². The van der Waals surface area contributed by atoms with E-state index in [2.05, 4.69) is 17.2 Å². The third kappa shape index (κ3) is 3.64. The van der Waals surface area contributed by atoms with Crippen LogP contribution in [-0.2, 0) is 24.8 Å². The highest BCUT2D eigenvalue weighted by Crippen LogP contribution is 2.33. The summed E-state index contributed by atoms with van der Waals surface area (Å²) in [6.07, 6.45) is 2.37. The summed E-state index contributed by atoms with van der Waals surface area (Å²) in [4.78, 5) is 29.5. The molecule has 2 aromatic rings. The second-order valence-corrected chi connectivity index (χ2v) is 7.70. The third-order valence-electron chi connectivity index (χ3n) is 3.45. The first-order valence-electron chi connectivity index (χ1n) is 7.23. The van der Waals surface area contributed by atoms with Crippen LogP contribution in [0.4, 0.5) is 0 Å². The molecule has 0 bridgehead atoms. The number of hydrogen-bond donors (Lipinski definition) is 1. The largest absolute Gasteiger partial charge is 0.467 e. The normalized spacial score (nSPS) is 16.3. The van der Waals surface area contributed by atoms with Crippen molar-refractivity contribution in [2.45, 2.75) is 35.2 Å². The van der Waals surface area contributed by atoms with Crippen molar-refractivity contribution in [3.8, 4) is 0 Å². The lowest BCUT2D eigenvalue weighted by Gasteiger charge is -2.09. The molecule has 1 aliphatic rings. The van der Waals surface area contributed by atoms with Gasteiger partial charge in [0, 0.05) is 18.7 Å². The Labute approximate surface area is 142 Å². The van der Waals surface area contributed by atoms with E-state index in [4.69, 9.17) is 4.42 Å². The second kappa shape index (κ2) is 6.84. The Kier molecular flexibility index (Phi) is 4.82. The fourth-order valence-corrected chi connectivity index (χ4v) is 4.24. The number of hydrogen-bond acceptors (Lipinski definition) is 6. The van der Waals surface area contributed by atoms with Gasteiger partial charge >= 0.3 is 0 Å². The number of thioether (sulfide) groups is 2. The number of aromatic nitrogens is 2. The molecule has 1 N–H and O–H groups in total. The summed E-state index contributed by atoms with van der Waals surface area (Å²) in [6, 6.07) is 3.58. The van der Waals surface area contributed by atoms with E-state index in [1.54, 1.807) is 37.2 Å². The second-order valence-electron chi connectivity index (χ2n) is 5.31. The number of furan rings is 1.